The summed E-state index contributed by atoms with van der Waals surface area (Å²) < 4.78 is 13.2. The third-order valence-corrected chi connectivity index (χ3v) is 4.30. The lowest BCUT2D eigenvalue weighted by Gasteiger charge is -2.21. The molecule has 2 aromatic rings. The molecule has 24 heavy (non-hydrogen) atoms. The van der Waals surface area contributed by atoms with Crippen LogP contribution in [0.4, 0.5) is 16.0 Å². The van der Waals surface area contributed by atoms with Gasteiger partial charge in [0.15, 0.2) is 11.6 Å². The van der Waals surface area contributed by atoms with Crippen LogP contribution in [-0.4, -0.2) is 39.8 Å². The van der Waals surface area contributed by atoms with Crippen LogP contribution in [0.15, 0.2) is 29.3 Å². The lowest BCUT2D eigenvalue weighted by Crippen LogP contribution is -2.22. The number of nitrogens with zero attached hydrogens (tertiary/aromatic N) is 4. The van der Waals surface area contributed by atoms with E-state index >= 15 is 0 Å². The maximum Gasteiger partial charge on any atom is 0.350 e. The van der Waals surface area contributed by atoms with E-state index in [1.165, 1.54) is 12.1 Å². The summed E-state index contributed by atoms with van der Waals surface area (Å²) in [5.41, 5.74) is 1.94. The van der Waals surface area contributed by atoms with Gasteiger partial charge in [-0.05, 0) is 37.1 Å². The van der Waals surface area contributed by atoms with Gasteiger partial charge in [0.1, 0.15) is 17.2 Å². The Morgan fingerprint density at radius 2 is 1.96 bits per heavy atom. The molecule has 4 rings (SSSR count). The number of hydrogen-bond donors (Lipinski definition) is 1. The van der Waals surface area contributed by atoms with E-state index in [4.69, 9.17) is 5.11 Å². The van der Waals surface area contributed by atoms with Crippen molar-refractivity contribution in [1.29, 1.82) is 0 Å². The molecule has 2 heterocycles. The molecule has 0 radical (unpaired) electrons. The van der Waals surface area contributed by atoms with Gasteiger partial charge in [-0.2, -0.15) is 0 Å². The number of halogens is 1. The molecule has 0 bridgehead atoms. The molecule has 7 heteroatoms. The van der Waals surface area contributed by atoms with E-state index in [1.54, 1.807) is 12.1 Å². The highest BCUT2D eigenvalue weighted by Crippen LogP contribution is 2.37. The fraction of sp³-hybridized carbons (Fsp3) is 0.294. The Morgan fingerprint density at radius 1 is 1.25 bits per heavy atom. The number of aliphatic imine (C=N–C) groups is 1. The van der Waals surface area contributed by atoms with Gasteiger partial charge in [0, 0.05) is 25.1 Å². The molecule has 1 aliphatic carbocycles. The van der Waals surface area contributed by atoms with Crippen LogP contribution in [0.1, 0.15) is 18.5 Å². The van der Waals surface area contributed by atoms with Crippen molar-refractivity contribution in [1.82, 2.24) is 9.97 Å². The van der Waals surface area contributed by atoms with Gasteiger partial charge in [-0.25, -0.2) is 24.1 Å². The summed E-state index contributed by atoms with van der Waals surface area (Å²) in [6.07, 6.45) is 2.36. The van der Waals surface area contributed by atoms with Crippen molar-refractivity contribution in [2.45, 2.75) is 25.3 Å². The lowest BCUT2D eigenvalue weighted by molar-refractivity contribution is -0.129. The highest BCUT2D eigenvalue weighted by Gasteiger charge is 2.32. The predicted molar refractivity (Wildman–Crippen MR) is 87.3 cm³/mol. The number of carboxylic acid groups (broad SMARTS) is 1. The monoisotopic (exact) mass is 326 g/mol. The number of aliphatic carboxylic acids is 1. The minimum Gasteiger partial charge on any atom is -0.477 e. The Hall–Kier alpha value is -2.83. The molecule has 1 fully saturated rings. The zero-order chi connectivity index (χ0) is 16.8. The number of rotatable bonds is 4. The first-order valence-corrected chi connectivity index (χ1v) is 7.73. The fourth-order valence-corrected chi connectivity index (χ4v) is 2.79. The van der Waals surface area contributed by atoms with Gasteiger partial charge in [0.25, 0.3) is 0 Å². The van der Waals surface area contributed by atoms with Crippen LogP contribution in [-0.2, 0) is 11.2 Å². The minimum absolute atomic E-state index is 0.0429. The van der Waals surface area contributed by atoms with Gasteiger partial charge in [-0.3, -0.25) is 0 Å². The van der Waals surface area contributed by atoms with E-state index in [0.29, 0.717) is 29.1 Å². The van der Waals surface area contributed by atoms with E-state index in [-0.39, 0.29) is 17.9 Å². The van der Waals surface area contributed by atoms with Crippen molar-refractivity contribution < 1.29 is 14.3 Å². The third kappa shape index (κ3) is 2.51. The molecule has 0 spiro atoms. The summed E-state index contributed by atoms with van der Waals surface area (Å²) in [5, 5.41) is 9.14. The van der Waals surface area contributed by atoms with Crippen molar-refractivity contribution >= 4 is 23.3 Å². The van der Waals surface area contributed by atoms with Gasteiger partial charge >= 0.3 is 5.97 Å². The zero-order valence-corrected chi connectivity index (χ0v) is 13.0. The Morgan fingerprint density at radius 3 is 2.58 bits per heavy atom. The number of hydrogen-bond acceptors (Lipinski definition) is 5. The Balaban J connectivity index is 1.84. The molecular weight excluding hydrogens is 311 g/mol. The molecule has 1 saturated carbocycles. The van der Waals surface area contributed by atoms with Crippen molar-refractivity contribution in [2.24, 2.45) is 4.99 Å². The van der Waals surface area contributed by atoms with Crippen LogP contribution in [0, 0.1) is 5.82 Å². The van der Waals surface area contributed by atoms with Crippen LogP contribution in [0.5, 0.6) is 0 Å². The SMILES string of the molecule is CN(c1nc2c(nc1-c1ccc(F)cc1)N=C(C(=O)O)C2)C1CC1. The summed E-state index contributed by atoms with van der Waals surface area (Å²) in [4.78, 5) is 26.5. The molecule has 1 aliphatic heterocycles. The summed E-state index contributed by atoms with van der Waals surface area (Å²) in [7, 11) is 1.95. The predicted octanol–water partition coefficient (Wildman–Crippen LogP) is 2.59. The smallest absolute Gasteiger partial charge is 0.350 e. The van der Waals surface area contributed by atoms with Crippen molar-refractivity contribution in [3.8, 4) is 11.3 Å². The Labute approximate surface area is 137 Å². The highest BCUT2D eigenvalue weighted by molar-refractivity contribution is 6.37. The van der Waals surface area contributed by atoms with Crippen molar-refractivity contribution in [3.63, 3.8) is 0 Å². The molecular formula is C17H15FN4O2. The maximum absolute atomic E-state index is 13.2. The third-order valence-electron chi connectivity index (χ3n) is 4.30. The van der Waals surface area contributed by atoms with E-state index < -0.39 is 5.97 Å². The first-order chi connectivity index (χ1) is 11.5. The second-order valence-electron chi connectivity index (χ2n) is 6.06. The largest absolute Gasteiger partial charge is 0.477 e. The van der Waals surface area contributed by atoms with E-state index in [9.17, 15) is 9.18 Å². The van der Waals surface area contributed by atoms with Crippen LogP contribution >= 0.6 is 0 Å². The standard InChI is InChI=1S/C17H15FN4O2/c1-22(11-6-7-11)16-14(9-2-4-10(18)5-3-9)21-15-12(20-16)8-13(19-15)17(23)24/h2-5,11H,6-8H2,1H3,(H,23,24). The molecule has 0 saturated heterocycles. The van der Waals surface area contributed by atoms with Gasteiger partial charge in [0.2, 0.25) is 0 Å². The molecule has 6 nitrogen and oxygen atoms in total. The molecule has 1 aromatic heterocycles. The van der Waals surface area contributed by atoms with Crippen molar-refractivity contribution in [3.05, 3.63) is 35.8 Å². The molecule has 0 unspecified atom stereocenters. The Kier molecular flexibility index (Phi) is 3.30. The van der Waals surface area contributed by atoms with Crippen LogP contribution in [0.2, 0.25) is 0 Å². The fourth-order valence-electron chi connectivity index (χ4n) is 2.79. The average molecular weight is 326 g/mol. The first kappa shape index (κ1) is 14.7. The number of aromatic nitrogens is 2. The highest BCUT2D eigenvalue weighted by atomic mass is 19.1. The zero-order valence-electron chi connectivity index (χ0n) is 13.0. The van der Waals surface area contributed by atoms with Gasteiger partial charge in [0.05, 0.1) is 5.69 Å². The number of anilines is 1. The first-order valence-electron chi connectivity index (χ1n) is 7.73. The molecule has 1 N–H and O–H groups in total. The summed E-state index contributed by atoms with van der Waals surface area (Å²) >= 11 is 0. The molecule has 1 aromatic carbocycles. The van der Waals surface area contributed by atoms with Gasteiger partial charge in [-0.1, -0.05) is 0 Å². The number of carbonyl (C=O) groups is 1. The van der Waals surface area contributed by atoms with Gasteiger partial charge < -0.3 is 10.0 Å². The van der Waals surface area contributed by atoms with E-state index in [0.717, 1.165) is 18.4 Å². The number of carboxylic acids is 1. The second-order valence-corrected chi connectivity index (χ2v) is 6.06. The second kappa shape index (κ2) is 5.36. The molecule has 2 aliphatic rings. The summed E-state index contributed by atoms with van der Waals surface area (Å²) in [6.45, 7) is 0. The van der Waals surface area contributed by atoms with Crippen molar-refractivity contribution in [2.75, 3.05) is 11.9 Å². The van der Waals surface area contributed by atoms with E-state index in [1.807, 2.05) is 7.05 Å². The topological polar surface area (TPSA) is 78.7 Å². The minimum atomic E-state index is -1.06. The summed E-state index contributed by atoms with van der Waals surface area (Å²) in [5.74, 6) is -0.365. The van der Waals surface area contributed by atoms with E-state index in [2.05, 4.69) is 19.9 Å². The quantitative estimate of drug-likeness (QED) is 0.934. The molecule has 0 amide bonds. The maximum atomic E-state index is 13.2. The van der Waals surface area contributed by atoms with Crippen LogP contribution < -0.4 is 4.90 Å². The summed E-state index contributed by atoms with van der Waals surface area (Å²) in [6, 6.07) is 6.45. The van der Waals surface area contributed by atoms with Crippen LogP contribution in [0.25, 0.3) is 11.3 Å². The van der Waals surface area contributed by atoms with Gasteiger partial charge in [-0.15, -0.1) is 0 Å². The lowest BCUT2D eigenvalue weighted by atomic mass is 10.1. The molecule has 122 valence electrons. The number of benzene rings is 1. The average Bonchev–Trinajstić information content (AvgIpc) is 3.32. The number of fused-ring (bicyclic) bond motifs is 1. The van der Waals surface area contributed by atoms with Crippen LogP contribution in [0.3, 0.4) is 0 Å². The normalized spacial score (nSPS) is 15.8. The molecule has 0 atom stereocenters. The Bertz CT molecular complexity index is 860.